The van der Waals surface area contributed by atoms with Gasteiger partial charge in [0, 0.05) is 16.3 Å². The first-order valence-corrected chi connectivity index (χ1v) is 9.87. The minimum absolute atomic E-state index is 0.0267. The van der Waals surface area contributed by atoms with Gasteiger partial charge in [-0.25, -0.2) is 9.78 Å². The second-order valence-electron chi connectivity index (χ2n) is 5.73. The molecule has 0 aliphatic carbocycles. The third-order valence-corrected chi connectivity index (χ3v) is 5.80. The van der Waals surface area contributed by atoms with Crippen LogP contribution in [0, 0.1) is 6.92 Å². The number of hydrogen-bond donors (Lipinski definition) is 1. The average Bonchev–Trinajstić information content (AvgIpc) is 2.92. The number of benzene rings is 1. The fourth-order valence-electron chi connectivity index (χ4n) is 2.31. The second kappa shape index (κ2) is 7.15. The second-order valence-corrected chi connectivity index (χ2v) is 8.35. The molecule has 13 heteroatoms. The van der Waals surface area contributed by atoms with Gasteiger partial charge >= 0.3 is 27.2 Å². The Bertz CT molecular complexity index is 1280. The molecule has 1 aromatic carbocycles. The molecule has 2 heterocycles. The van der Waals surface area contributed by atoms with Crippen LogP contribution in [0.1, 0.15) is 10.6 Å². The fourth-order valence-corrected chi connectivity index (χ4v) is 3.82. The lowest BCUT2D eigenvalue weighted by Gasteiger charge is -2.09. The topological polar surface area (TPSA) is 124 Å². The summed E-state index contributed by atoms with van der Waals surface area (Å²) in [7, 11) is -5.87. The summed E-state index contributed by atoms with van der Waals surface area (Å²) in [6.07, 6.45) is -0.267. The maximum absolute atomic E-state index is 12.4. The number of fused-ring (bicyclic) bond motifs is 1. The molecule has 0 amide bonds. The number of hydrogen-bond acceptors (Lipinski definition) is 8. The zero-order valence-corrected chi connectivity index (χ0v) is 15.9. The highest BCUT2D eigenvalue weighted by atomic mass is 32.2. The van der Waals surface area contributed by atoms with Crippen LogP contribution in [-0.4, -0.2) is 30.0 Å². The summed E-state index contributed by atoms with van der Waals surface area (Å²) >= 11 is 0.996. The van der Waals surface area contributed by atoms with Crippen molar-refractivity contribution in [3.05, 3.63) is 45.3 Å². The SMILES string of the molecule is Cc1nc(-c2cc3ccc(OS(=O)(=O)C(F)(F)F)cc3oc2=O)sc1CC(=O)O. The summed E-state index contributed by atoms with van der Waals surface area (Å²) in [6, 6.07) is 4.37. The fraction of sp³-hybridized carbons (Fsp3) is 0.188. The van der Waals surface area contributed by atoms with Crippen molar-refractivity contribution >= 4 is 38.4 Å². The minimum atomic E-state index is -5.87. The molecule has 0 unspecified atom stereocenters. The highest BCUT2D eigenvalue weighted by Gasteiger charge is 2.48. The molecule has 0 radical (unpaired) electrons. The van der Waals surface area contributed by atoms with Crippen molar-refractivity contribution in [2.24, 2.45) is 0 Å². The van der Waals surface area contributed by atoms with Gasteiger partial charge < -0.3 is 13.7 Å². The van der Waals surface area contributed by atoms with Gasteiger partial charge in [-0.1, -0.05) is 0 Å². The number of carboxylic acid groups (broad SMARTS) is 1. The standard InChI is InChI=1S/C16H10F3NO7S2/c1-7-12(6-13(21)22)28-14(20-7)10-4-8-2-3-9(5-11(8)26-15(10)23)27-29(24,25)16(17,18)19/h2-5H,6H2,1H3,(H,21,22). The molecular formula is C16H10F3NO7S2. The van der Waals surface area contributed by atoms with E-state index in [-0.39, 0.29) is 28.0 Å². The highest BCUT2D eigenvalue weighted by Crippen LogP contribution is 2.31. The van der Waals surface area contributed by atoms with Gasteiger partial charge in [-0.3, -0.25) is 4.79 Å². The third kappa shape index (κ3) is 4.24. The quantitative estimate of drug-likeness (QED) is 0.358. The van der Waals surface area contributed by atoms with E-state index in [9.17, 15) is 31.2 Å². The first-order valence-electron chi connectivity index (χ1n) is 7.64. The van der Waals surface area contributed by atoms with Crippen molar-refractivity contribution in [2.75, 3.05) is 0 Å². The molecule has 3 rings (SSSR count). The van der Waals surface area contributed by atoms with Crippen LogP contribution in [0.25, 0.3) is 21.5 Å². The molecule has 0 aliphatic rings. The van der Waals surface area contributed by atoms with Gasteiger partial charge in [-0.2, -0.15) is 21.6 Å². The van der Waals surface area contributed by atoms with Crippen LogP contribution in [0.2, 0.25) is 0 Å². The molecule has 0 saturated carbocycles. The van der Waals surface area contributed by atoms with E-state index in [0.717, 1.165) is 23.5 Å². The smallest absolute Gasteiger partial charge is 0.481 e. The molecule has 0 bridgehead atoms. The van der Waals surface area contributed by atoms with E-state index in [1.165, 1.54) is 12.1 Å². The molecule has 3 aromatic rings. The first kappa shape index (κ1) is 20.8. The number of rotatable bonds is 5. The highest BCUT2D eigenvalue weighted by molar-refractivity contribution is 7.88. The Hall–Kier alpha value is -2.93. The van der Waals surface area contributed by atoms with Crippen molar-refractivity contribution in [1.82, 2.24) is 4.98 Å². The zero-order chi connectivity index (χ0) is 21.6. The maximum atomic E-state index is 12.4. The Morgan fingerprint density at radius 2 is 2.00 bits per heavy atom. The Labute approximate surface area is 164 Å². The van der Waals surface area contributed by atoms with Gasteiger partial charge in [0.05, 0.1) is 17.7 Å². The lowest BCUT2D eigenvalue weighted by atomic mass is 10.2. The van der Waals surface area contributed by atoms with E-state index in [0.29, 0.717) is 10.6 Å². The number of alkyl halides is 3. The summed E-state index contributed by atoms with van der Waals surface area (Å²) in [4.78, 5) is 27.8. The van der Waals surface area contributed by atoms with Gasteiger partial charge in [0.2, 0.25) is 0 Å². The number of aliphatic carboxylic acids is 1. The lowest BCUT2D eigenvalue weighted by molar-refractivity contribution is -0.136. The summed E-state index contributed by atoms with van der Waals surface area (Å²) in [5.74, 6) is -1.74. The molecule has 0 atom stereocenters. The number of aryl methyl sites for hydroxylation is 1. The molecule has 0 saturated heterocycles. The molecule has 2 aromatic heterocycles. The third-order valence-electron chi connectivity index (χ3n) is 3.63. The molecular weight excluding hydrogens is 439 g/mol. The van der Waals surface area contributed by atoms with E-state index in [4.69, 9.17) is 9.52 Å². The van der Waals surface area contributed by atoms with E-state index in [1.54, 1.807) is 6.92 Å². The number of halogens is 3. The van der Waals surface area contributed by atoms with Crippen LogP contribution in [-0.2, 0) is 21.3 Å². The largest absolute Gasteiger partial charge is 0.534 e. The predicted octanol–water partition coefficient (Wildman–Crippen LogP) is 3.08. The molecule has 0 aliphatic heterocycles. The van der Waals surface area contributed by atoms with Crippen LogP contribution in [0.5, 0.6) is 5.75 Å². The molecule has 8 nitrogen and oxygen atoms in total. The van der Waals surface area contributed by atoms with Crippen molar-refractivity contribution in [1.29, 1.82) is 0 Å². The number of carboxylic acids is 1. The van der Waals surface area contributed by atoms with E-state index in [2.05, 4.69) is 9.17 Å². The van der Waals surface area contributed by atoms with Crippen molar-refractivity contribution < 1.29 is 40.1 Å². The molecule has 29 heavy (non-hydrogen) atoms. The first-order chi connectivity index (χ1) is 13.4. The zero-order valence-electron chi connectivity index (χ0n) is 14.3. The van der Waals surface area contributed by atoms with Gasteiger partial charge in [0.25, 0.3) is 0 Å². The van der Waals surface area contributed by atoms with Crippen LogP contribution in [0.3, 0.4) is 0 Å². The number of aromatic nitrogens is 1. The average molecular weight is 449 g/mol. The monoisotopic (exact) mass is 449 g/mol. The maximum Gasteiger partial charge on any atom is 0.534 e. The Morgan fingerprint density at radius 3 is 2.62 bits per heavy atom. The van der Waals surface area contributed by atoms with Crippen molar-refractivity contribution in [2.45, 2.75) is 18.9 Å². The van der Waals surface area contributed by atoms with Gasteiger partial charge in [0.1, 0.15) is 16.3 Å². The summed E-state index contributed by atoms with van der Waals surface area (Å²) in [5, 5.41) is 9.38. The molecule has 1 N–H and O–H groups in total. The Morgan fingerprint density at radius 1 is 1.31 bits per heavy atom. The molecule has 0 spiro atoms. The lowest BCUT2D eigenvalue weighted by Crippen LogP contribution is -2.28. The van der Waals surface area contributed by atoms with E-state index in [1.807, 2.05) is 0 Å². The Balaban J connectivity index is 2.01. The summed E-state index contributed by atoms with van der Waals surface area (Å²) in [6.45, 7) is 1.59. The normalized spacial score (nSPS) is 12.3. The predicted molar refractivity (Wildman–Crippen MR) is 95.3 cm³/mol. The minimum Gasteiger partial charge on any atom is -0.481 e. The van der Waals surface area contributed by atoms with Crippen molar-refractivity contribution in [3.63, 3.8) is 0 Å². The van der Waals surface area contributed by atoms with E-state index >= 15 is 0 Å². The summed E-state index contributed by atoms with van der Waals surface area (Å²) < 4.78 is 68.5. The Kier molecular flexibility index (Phi) is 5.13. The van der Waals surface area contributed by atoms with Gasteiger partial charge in [-0.15, -0.1) is 11.3 Å². The molecule has 154 valence electrons. The number of thiazole rings is 1. The van der Waals surface area contributed by atoms with Gasteiger partial charge in [-0.05, 0) is 25.1 Å². The van der Waals surface area contributed by atoms with Crippen LogP contribution >= 0.6 is 11.3 Å². The van der Waals surface area contributed by atoms with Crippen LogP contribution in [0.4, 0.5) is 13.2 Å². The van der Waals surface area contributed by atoms with Crippen LogP contribution < -0.4 is 9.81 Å². The number of nitrogens with zero attached hydrogens (tertiary/aromatic N) is 1. The van der Waals surface area contributed by atoms with Crippen LogP contribution in [0.15, 0.2) is 33.5 Å². The molecule has 0 fully saturated rings. The van der Waals surface area contributed by atoms with E-state index < -0.39 is 33.0 Å². The number of carbonyl (C=O) groups is 1. The summed E-state index contributed by atoms with van der Waals surface area (Å²) in [5.41, 5.74) is -6.23. The van der Waals surface area contributed by atoms with Crippen molar-refractivity contribution in [3.8, 4) is 16.3 Å². The van der Waals surface area contributed by atoms with Gasteiger partial charge in [0.15, 0.2) is 0 Å².